The minimum absolute atomic E-state index is 0.0933. The first-order valence-corrected chi connectivity index (χ1v) is 8.90. The first kappa shape index (κ1) is 16.5. The summed E-state index contributed by atoms with van der Waals surface area (Å²) in [6.45, 7) is 1.90. The van der Waals surface area contributed by atoms with Gasteiger partial charge in [0.2, 0.25) is 0 Å². The van der Waals surface area contributed by atoms with Crippen molar-refractivity contribution >= 4 is 19.7 Å². The predicted molar refractivity (Wildman–Crippen MR) is 69.5 cm³/mol. The molecule has 0 saturated heterocycles. The number of hydrogen-bond acceptors (Lipinski definition) is 4. The van der Waals surface area contributed by atoms with Crippen molar-refractivity contribution in [1.82, 2.24) is 14.8 Å². The van der Waals surface area contributed by atoms with E-state index in [2.05, 4.69) is 10.2 Å². The molecule has 1 aliphatic rings. The molecule has 1 saturated carbocycles. The maximum atomic E-state index is 12.8. The van der Waals surface area contributed by atoms with Crippen LogP contribution < -0.4 is 0 Å². The molecule has 21 heavy (non-hydrogen) atoms. The summed E-state index contributed by atoms with van der Waals surface area (Å²) in [6, 6.07) is 0. The summed E-state index contributed by atoms with van der Waals surface area (Å²) in [5, 5.41) is 6.90. The van der Waals surface area contributed by atoms with E-state index < -0.39 is 32.2 Å². The summed E-state index contributed by atoms with van der Waals surface area (Å²) in [5.41, 5.74) is 0. The fourth-order valence-electron chi connectivity index (χ4n) is 2.80. The van der Waals surface area contributed by atoms with Gasteiger partial charge in [0, 0.05) is 23.1 Å². The van der Waals surface area contributed by atoms with Crippen LogP contribution in [0.4, 0.5) is 13.2 Å². The SMILES string of the molecule is CCn1c(C2CCCC(C(F)(F)F)C2)nnc1S(=O)(=O)Cl. The Labute approximate surface area is 124 Å². The monoisotopic (exact) mass is 345 g/mol. The minimum Gasteiger partial charge on any atom is -0.301 e. The highest BCUT2D eigenvalue weighted by atomic mass is 35.7. The lowest BCUT2D eigenvalue weighted by Gasteiger charge is -2.30. The molecule has 0 aliphatic heterocycles. The second-order valence-electron chi connectivity index (χ2n) is 5.12. The number of alkyl halides is 3. The molecule has 120 valence electrons. The summed E-state index contributed by atoms with van der Waals surface area (Å²) >= 11 is 0. The molecule has 1 aromatic heterocycles. The molecule has 2 unspecified atom stereocenters. The highest BCUT2D eigenvalue weighted by molar-refractivity contribution is 8.13. The van der Waals surface area contributed by atoms with E-state index in [1.54, 1.807) is 6.92 Å². The Bertz CT molecular complexity index is 615. The summed E-state index contributed by atoms with van der Waals surface area (Å²) in [4.78, 5) is 0. The third kappa shape index (κ3) is 3.50. The Kier molecular flexibility index (Phi) is 4.53. The first-order chi connectivity index (χ1) is 9.64. The Hall–Kier alpha value is -0.830. The van der Waals surface area contributed by atoms with E-state index in [0.717, 1.165) is 0 Å². The van der Waals surface area contributed by atoms with Crippen molar-refractivity contribution in [2.24, 2.45) is 5.92 Å². The van der Waals surface area contributed by atoms with Crippen LogP contribution in [0.25, 0.3) is 0 Å². The van der Waals surface area contributed by atoms with Crippen molar-refractivity contribution in [3.63, 3.8) is 0 Å². The second-order valence-corrected chi connectivity index (χ2v) is 7.58. The number of aromatic nitrogens is 3. The second kappa shape index (κ2) is 5.75. The topological polar surface area (TPSA) is 64.8 Å². The molecule has 0 radical (unpaired) electrons. The Morgan fingerprint density at radius 2 is 2.00 bits per heavy atom. The predicted octanol–water partition coefficient (Wildman–Crippen LogP) is 3.06. The maximum absolute atomic E-state index is 12.8. The van der Waals surface area contributed by atoms with Crippen LogP contribution in [0.5, 0.6) is 0 Å². The Morgan fingerprint density at radius 1 is 1.33 bits per heavy atom. The van der Waals surface area contributed by atoms with Crippen LogP contribution >= 0.6 is 10.7 Å². The summed E-state index contributed by atoms with van der Waals surface area (Å²) in [7, 11) is 1.20. The lowest BCUT2D eigenvalue weighted by Crippen LogP contribution is -2.29. The van der Waals surface area contributed by atoms with E-state index in [0.29, 0.717) is 12.8 Å². The fraction of sp³-hybridized carbons (Fsp3) is 0.818. The van der Waals surface area contributed by atoms with Crippen LogP contribution in [-0.4, -0.2) is 29.4 Å². The fourth-order valence-corrected chi connectivity index (χ4v) is 3.77. The molecule has 1 fully saturated rings. The van der Waals surface area contributed by atoms with Gasteiger partial charge in [-0.3, -0.25) is 0 Å². The van der Waals surface area contributed by atoms with Crippen LogP contribution in [0.2, 0.25) is 0 Å². The van der Waals surface area contributed by atoms with Crippen molar-refractivity contribution in [3.05, 3.63) is 5.82 Å². The Balaban J connectivity index is 2.32. The van der Waals surface area contributed by atoms with Crippen molar-refractivity contribution < 1.29 is 21.6 Å². The largest absolute Gasteiger partial charge is 0.391 e. The van der Waals surface area contributed by atoms with Crippen molar-refractivity contribution in [1.29, 1.82) is 0 Å². The van der Waals surface area contributed by atoms with E-state index in [-0.39, 0.29) is 25.2 Å². The normalized spacial score (nSPS) is 24.2. The van der Waals surface area contributed by atoms with Gasteiger partial charge in [-0.15, -0.1) is 10.2 Å². The van der Waals surface area contributed by atoms with Gasteiger partial charge in [-0.2, -0.15) is 13.2 Å². The van der Waals surface area contributed by atoms with Gasteiger partial charge in [-0.05, 0) is 26.2 Å². The van der Waals surface area contributed by atoms with Crippen LogP contribution in [0.3, 0.4) is 0 Å². The molecular formula is C11H15ClF3N3O2S. The van der Waals surface area contributed by atoms with E-state index in [4.69, 9.17) is 10.7 Å². The molecule has 0 N–H and O–H groups in total. The van der Waals surface area contributed by atoms with Gasteiger partial charge in [0.1, 0.15) is 5.82 Å². The van der Waals surface area contributed by atoms with Gasteiger partial charge >= 0.3 is 6.18 Å². The molecule has 2 atom stereocenters. The number of hydrogen-bond donors (Lipinski definition) is 0. The highest BCUT2D eigenvalue weighted by Crippen LogP contribution is 2.43. The average molecular weight is 346 g/mol. The molecule has 10 heteroatoms. The Morgan fingerprint density at radius 3 is 2.52 bits per heavy atom. The van der Waals surface area contributed by atoms with Crippen molar-refractivity contribution in [2.75, 3.05) is 0 Å². The van der Waals surface area contributed by atoms with E-state index >= 15 is 0 Å². The van der Waals surface area contributed by atoms with Crippen LogP contribution in [0.15, 0.2) is 5.16 Å². The first-order valence-electron chi connectivity index (χ1n) is 6.59. The molecule has 0 aromatic carbocycles. The summed E-state index contributed by atoms with van der Waals surface area (Å²) < 4.78 is 62.6. The smallest absolute Gasteiger partial charge is 0.301 e. The maximum Gasteiger partial charge on any atom is 0.391 e. The van der Waals surface area contributed by atoms with Crippen molar-refractivity contribution in [2.45, 2.75) is 56.4 Å². The minimum atomic E-state index is -4.24. The average Bonchev–Trinajstić information content (AvgIpc) is 2.81. The molecule has 0 bridgehead atoms. The quantitative estimate of drug-likeness (QED) is 0.790. The van der Waals surface area contributed by atoms with E-state index in [1.165, 1.54) is 4.57 Å². The number of rotatable bonds is 3. The van der Waals surface area contributed by atoms with E-state index in [1.807, 2.05) is 0 Å². The standard InChI is InChI=1S/C11H15ClF3N3O2S/c1-2-18-9(16-17-10(18)21(12,19)20)7-4-3-5-8(6-7)11(13,14)15/h7-8H,2-6H2,1H3. The van der Waals surface area contributed by atoms with Gasteiger partial charge in [-0.1, -0.05) is 6.42 Å². The zero-order valence-corrected chi connectivity index (χ0v) is 12.8. The van der Waals surface area contributed by atoms with Gasteiger partial charge in [0.05, 0.1) is 5.92 Å². The molecule has 1 aliphatic carbocycles. The third-order valence-electron chi connectivity index (χ3n) is 3.78. The van der Waals surface area contributed by atoms with Gasteiger partial charge < -0.3 is 4.57 Å². The molecule has 1 aromatic rings. The van der Waals surface area contributed by atoms with Crippen LogP contribution in [-0.2, 0) is 15.6 Å². The number of nitrogens with zero attached hydrogens (tertiary/aromatic N) is 3. The van der Waals surface area contributed by atoms with Crippen LogP contribution in [0.1, 0.15) is 44.3 Å². The van der Waals surface area contributed by atoms with E-state index in [9.17, 15) is 21.6 Å². The lowest BCUT2D eigenvalue weighted by molar-refractivity contribution is -0.183. The van der Waals surface area contributed by atoms with Crippen molar-refractivity contribution in [3.8, 4) is 0 Å². The lowest BCUT2D eigenvalue weighted by atomic mass is 9.80. The molecule has 0 amide bonds. The summed E-state index contributed by atoms with van der Waals surface area (Å²) in [5.74, 6) is -1.56. The molecule has 2 rings (SSSR count). The zero-order chi connectivity index (χ0) is 15.8. The van der Waals surface area contributed by atoms with Crippen LogP contribution in [0, 0.1) is 5.92 Å². The highest BCUT2D eigenvalue weighted by Gasteiger charge is 2.43. The summed E-state index contributed by atoms with van der Waals surface area (Å²) in [6.07, 6.45) is -3.27. The number of halogens is 4. The molecular weight excluding hydrogens is 331 g/mol. The van der Waals surface area contributed by atoms with Gasteiger partial charge in [-0.25, -0.2) is 8.42 Å². The third-order valence-corrected chi connectivity index (χ3v) is 4.93. The molecule has 5 nitrogen and oxygen atoms in total. The molecule has 1 heterocycles. The molecule has 0 spiro atoms. The zero-order valence-electron chi connectivity index (χ0n) is 11.3. The van der Waals surface area contributed by atoms with Gasteiger partial charge in [0.25, 0.3) is 14.2 Å². The van der Waals surface area contributed by atoms with Gasteiger partial charge in [0.15, 0.2) is 0 Å².